The van der Waals surface area contributed by atoms with E-state index in [1.807, 2.05) is 0 Å². The van der Waals surface area contributed by atoms with Crippen molar-refractivity contribution in [2.45, 2.75) is 82.1 Å². The molecule has 5 unspecified atom stereocenters. The highest BCUT2D eigenvalue weighted by atomic mass is 16.4. The minimum Gasteiger partial charge on any atom is -0.481 e. The Morgan fingerprint density at radius 2 is 1.73 bits per heavy atom. The van der Waals surface area contributed by atoms with Crippen LogP contribution in [0.3, 0.4) is 0 Å². The second kappa shape index (κ2) is 13.7. The highest BCUT2D eigenvalue weighted by Crippen LogP contribution is 2.19. The number of rotatable bonds is 14. The van der Waals surface area contributed by atoms with Crippen LogP contribution in [0.4, 0.5) is 0 Å². The lowest BCUT2D eigenvalue weighted by atomic mass is 10.1. The molecule has 0 radical (unpaired) electrons. The molecule has 0 aromatic carbocycles. The monoisotopic (exact) mass is 473 g/mol. The van der Waals surface area contributed by atoms with Gasteiger partial charge in [-0.15, -0.1) is 0 Å². The number of carboxylic acid groups (broad SMARTS) is 2. The van der Waals surface area contributed by atoms with Crippen LogP contribution in [0, 0.1) is 0 Å². The van der Waals surface area contributed by atoms with E-state index < -0.39 is 66.4 Å². The maximum atomic E-state index is 12.9. The molecule has 1 fully saturated rings. The van der Waals surface area contributed by atoms with Crippen molar-refractivity contribution < 1.29 is 39.3 Å². The second-order valence-electron chi connectivity index (χ2n) is 8.13. The van der Waals surface area contributed by atoms with Gasteiger partial charge in [-0.3, -0.25) is 19.2 Å². The van der Waals surface area contributed by atoms with Crippen LogP contribution in [0.5, 0.6) is 0 Å². The van der Waals surface area contributed by atoms with Gasteiger partial charge in [0.1, 0.15) is 24.2 Å². The molecule has 0 aromatic rings. The molecule has 0 saturated carbocycles. The van der Waals surface area contributed by atoms with Crippen LogP contribution >= 0.6 is 0 Å². The summed E-state index contributed by atoms with van der Waals surface area (Å²) in [6.07, 6.45) is 0.128. The summed E-state index contributed by atoms with van der Waals surface area (Å²) < 4.78 is 0. The molecule has 0 aromatic heterocycles. The number of hydrogen-bond acceptors (Lipinski definition) is 8. The molecule has 1 rings (SSSR count). The van der Waals surface area contributed by atoms with Gasteiger partial charge in [-0.05, 0) is 52.0 Å². The third-order valence-electron chi connectivity index (χ3n) is 5.48. The summed E-state index contributed by atoms with van der Waals surface area (Å²) in [5.41, 5.74) is 11.1. The molecule has 13 nitrogen and oxygen atoms in total. The lowest BCUT2D eigenvalue weighted by molar-refractivity contribution is -0.144. The number of nitrogens with two attached hydrogens (primary N) is 2. The predicted octanol–water partition coefficient (Wildman–Crippen LogP) is -2.27. The Morgan fingerprint density at radius 3 is 2.27 bits per heavy atom. The van der Waals surface area contributed by atoms with Gasteiger partial charge in [0.15, 0.2) is 0 Å². The van der Waals surface area contributed by atoms with Crippen molar-refractivity contribution in [1.29, 1.82) is 0 Å². The van der Waals surface area contributed by atoms with Crippen LogP contribution in [0.2, 0.25) is 0 Å². The summed E-state index contributed by atoms with van der Waals surface area (Å²) in [6, 6.07) is -4.69. The minimum absolute atomic E-state index is 0.125. The summed E-state index contributed by atoms with van der Waals surface area (Å²) in [4.78, 5) is 61.8. The standard InChI is InChI=1S/C20H35N5O8/c1-11(26)16(22)19(31)25-10-4-6-14(25)18(30)23-12(7-8-15(27)28)17(29)24-13(20(32)33)5-2-3-9-21/h11-14,16,26H,2-10,21-22H2,1H3,(H,23,30)(H,24,29)(H,27,28)(H,32,33). The number of likely N-dealkylation sites (tertiary alicyclic amines) is 1. The Labute approximate surface area is 191 Å². The number of aliphatic carboxylic acids is 2. The van der Waals surface area contributed by atoms with Crippen molar-refractivity contribution in [2.24, 2.45) is 11.5 Å². The average molecular weight is 474 g/mol. The van der Waals surface area contributed by atoms with Crippen molar-refractivity contribution >= 4 is 29.7 Å². The Kier molecular flexibility index (Phi) is 11.7. The fraction of sp³-hybridized carbons (Fsp3) is 0.750. The zero-order chi connectivity index (χ0) is 25.1. The molecule has 0 bridgehead atoms. The van der Waals surface area contributed by atoms with Crippen LogP contribution in [-0.2, 0) is 24.0 Å². The second-order valence-corrected chi connectivity index (χ2v) is 8.13. The van der Waals surface area contributed by atoms with E-state index in [0.717, 1.165) is 0 Å². The molecule has 9 N–H and O–H groups in total. The van der Waals surface area contributed by atoms with E-state index in [1.165, 1.54) is 11.8 Å². The molecule has 1 heterocycles. The Balaban J connectivity index is 2.92. The molecule has 33 heavy (non-hydrogen) atoms. The summed E-state index contributed by atoms with van der Waals surface area (Å²) in [6.45, 7) is 1.96. The molecule has 1 saturated heterocycles. The highest BCUT2D eigenvalue weighted by molar-refractivity contribution is 5.94. The fourth-order valence-electron chi connectivity index (χ4n) is 3.53. The maximum absolute atomic E-state index is 12.9. The topological polar surface area (TPSA) is 225 Å². The van der Waals surface area contributed by atoms with E-state index in [2.05, 4.69) is 10.6 Å². The lowest BCUT2D eigenvalue weighted by Crippen LogP contribution is -2.57. The Hall–Kier alpha value is -2.77. The molecule has 3 amide bonds. The van der Waals surface area contributed by atoms with Crippen molar-refractivity contribution in [2.75, 3.05) is 13.1 Å². The van der Waals surface area contributed by atoms with Crippen LogP contribution in [0.1, 0.15) is 51.9 Å². The van der Waals surface area contributed by atoms with E-state index >= 15 is 0 Å². The van der Waals surface area contributed by atoms with Gasteiger partial charge in [0.05, 0.1) is 6.10 Å². The quantitative estimate of drug-likeness (QED) is 0.134. The summed E-state index contributed by atoms with van der Waals surface area (Å²) in [7, 11) is 0. The van der Waals surface area contributed by atoms with Crippen LogP contribution in [0.15, 0.2) is 0 Å². The largest absolute Gasteiger partial charge is 0.481 e. The van der Waals surface area contributed by atoms with Gasteiger partial charge >= 0.3 is 11.9 Å². The number of aliphatic hydroxyl groups is 1. The third kappa shape index (κ3) is 8.94. The van der Waals surface area contributed by atoms with Crippen LogP contribution in [0.25, 0.3) is 0 Å². The van der Waals surface area contributed by atoms with Gasteiger partial charge in [0.25, 0.3) is 0 Å². The molecule has 1 aliphatic rings. The normalized spacial score (nSPS) is 19.3. The van der Waals surface area contributed by atoms with Gasteiger partial charge in [-0.1, -0.05) is 0 Å². The van der Waals surface area contributed by atoms with Crippen LogP contribution < -0.4 is 22.1 Å². The molecule has 1 aliphatic heterocycles. The molecule has 188 valence electrons. The zero-order valence-corrected chi connectivity index (χ0v) is 18.7. The predicted molar refractivity (Wildman–Crippen MR) is 116 cm³/mol. The number of aliphatic hydroxyl groups excluding tert-OH is 1. The van der Waals surface area contributed by atoms with Crippen molar-refractivity contribution in [3.8, 4) is 0 Å². The molecular formula is C20H35N5O8. The number of nitrogens with zero attached hydrogens (tertiary/aromatic N) is 1. The number of nitrogens with one attached hydrogen (secondary N) is 2. The first-order chi connectivity index (χ1) is 15.5. The van der Waals surface area contributed by atoms with Crippen LogP contribution in [-0.4, -0.2) is 93.2 Å². The van der Waals surface area contributed by atoms with Gasteiger partial charge < -0.3 is 42.3 Å². The van der Waals surface area contributed by atoms with Gasteiger partial charge in [0.2, 0.25) is 17.7 Å². The summed E-state index contributed by atoms with van der Waals surface area (Å²) >= 11 is 0. The SMILES string of the molecule is CC(O)C(N)C(=O)N1CCCC1C(=O)NC(CCC(=O)O)C(=O)NC(CCCCN)C(=O)O. The number of amides is 3. The zero-order valence-electron chi connectivity index (χ0n) is 18.7. The van der Waals surface area contributed by atoms with Crippen molar-refractivity contribution in [3.05, 3.63) is 0 Å². The minimum atomic E-state index is -1.31. The summed E-state index contributed by atoms with van der Waals surface area (Å²) in [5, 5.41) is 32.7. The number of hydrogen-bond donors (Lipinski definition) is 7. The van der Waals surface area contributed by atoms with Gasteiger partial charge in [-0.2, -0.15) is 0 Å². The maximum Gasteiger partial charge on any atom is 0.326 e. The van der Waals surface area contributed by atoms with E-state index in [4.69, 9.17) is 16.6 Å². The van der Waals surface area contributed by atoms with E-state index in [0.29, 0.717) is 32.2 Å². The molecule has 0 aliphatic carbocycles. The highest BCUT2D eigenvalue weighted by Gasteiger charge is 2.38. The van der Waals surface area contributed by atoms with E-state index in [-0.39, 0.29) is 19.4 Å². The molecule has 5 atom stereocenters. The molecule has 13 heteroatoms. The first-order valence-corrected chi connectivity index (χ1v) is 11.0. The summed E-state index contributed by atoms with van der Waals surface area (Å²) in [5.74, 6) is -4.58. The first-order valence-electron chi connectivity index (χ1n) is 11.0. The van der Waals surface area contributed by atoms with Crippen molar-refractivity contribution in [1.82, 2.24) is 15.5 Å². The fourth-order valence-corrected chi connectivity index (χ4v) is 3.53. The Bertz CT molecular complexity index is 717. The van der Waals surface area contributed by atoms with E-state index in [1.54, 1.807) is 0 Å². The van der Waals surface area contributed by atoms with E-state index in [9.17, 15) is 34.2 Å². The number of unbranched alkanes of at least 4 members (excludes halogenated alkanes) is 1. The molecular weight excluding hydrogens is 438 g/mol. The lowest BCUT2D eigenvalue weighted by Gasteiger charge is -2.29. The number of carbonyl (C=O) groups is 5. The third-order valence-corrected chi connectivity index (χ3v) is 5.48. The molecule has 0 spiro atoms. The Morgan fingerprint density at radius 1 is 1.06 bits per heavy atom. The smallest absolute Gasteiger partial charge is 0.326 e. The van der Waals surface area contributed by atoms with Crippen molar-refractivity contribution in [3.63, 3.8) is 0 Å². The van der Waals surface area contributed by atoms with Gasteiger partial charge in [0, 0.05) is 13.0 Å². The van der Waals surface area contributed by atoms with Gasteiger partial charge in [-0.25, -0.2) is 4.79 Å². The average Bonchev–Trinajstić information content (AvgIpc) is 3.24. The first kappa shape index (κ1) is 28.3. The number of carboxylic acids is 2. The number of carbonyl (C=O) groups excluding carboxylic acids is 3.